The number of ether oxygens (including phenoxy) is 1. The molecule has 2 heterocycles. The quantitative estimate of drug-likeness (QED) is 0.349. The van der Waals surface area contributed by atoms with Gasteiger partial charge in [-0.1, -0.05) is 42.5 Å². The molecule has 0 N–H and O–H groups in total. The van der Waals surface area contributed by atoms with Gasteiger partial charge >= 0.3 is 0 Å². The molecule has 0 saturated heterocycles. The van der Waals surface area contributed by atoms with Gasteiger partial charge in [-0.25, -0.2) is 9.97 Å². The Morgan fingerprint density at radius 1 is 0.933 bits per heavy atom. The molecule has 0 atom stereocenters. The van der Waals surface area contributed by atoms with Crippen LogP contribution in [-0.2, 0) is 6.54 Å². The molecule has 30 heavy (non-hydrogen) atoms. The van der Waals surface area contributed by atoms with E-state index in [9.17, 15) is 0 Å². The summed E-state index contributed by atoms with van der Waals surface area (Å²) in [7, 11) is 0. The molecular weight excluding hydrogens is 390 g/mol. The van der Waals surface area contributed by atoms with Crippen molar-refractivity contribution in [2.75, 3.05) is 18.1 Å². The number of aryl methyl sites for hydroxylation is 2. The van der Waals surface area contributed by atoms with Crippen molar-refractivity contribution in [1.29, 1.82) is 0 Å². The minimum atomic E-state index is 0.669. The summed E-state index contributed by atoms with van der Waals surface area (Å²) >= 11 is 1.74. The summed E-state index contributed by atoms with van der Waals surface area (Å²) in [4.78, 5) is 14.3. The molecule has 154 valence electrons. The van der Waals surface area contributed by atoms with Crippen molar-refractivity contribution in [2.45, 2.75) is 34.2 Å². The zero-order chi connectivity index (χ0) is 21.1. The van der Waals surface area contributed by atoms with E-state index >= 15 is 0 Å². The van der Waals surface area contributed by atoms with Crippen LogP contribution in [0.2, 0.25) is 0 Å². The lowest BCUT2D eigenvalue weighted by Crippen LogP contribution is -2.23. The van der Waals surface area contributed by atoms with Gasteiger partial charge in [-0.15, -0.1) is 11.3 Å². The predicted molar refractivity (Wildman–Crippen MR) is 127 cm³/mol. The molecule has 0 aliphatic carbocycles. The molecule has 0 spiro atoms. The summed E-state index contributed by atoms with van der Waals surface area (Å²) < 4.78 is 5.63. The Kier molecular flexibility index (Phi) is 6.00. The highest BCUT2D eigenvalue weighted by Crippen LogP contribution is 2.42. The summed E-state index contributed by atoms with van der Waals surface area (Å²) in [5, 5.41) is 1.14. The molecule has 0 aliphatic heterocycles. The third-order valence-corrected chi connectivity index (χ3v) is 6.17. The molecule has 2 aromatic heterocycles. The second-order valence-electron chi connectivity index (χ2n) is 7.26. The summed E-state index contributed by atoms with van der Waals surface area (Å²) in [5.74, 6) is 2.71. The summed E-state index contributed by atoms with van der Waals surface area (Å²) in [6.45, 7) is 10.7. The van der Waals surface area contributed by atoms with Crippen molar-refractivity contribution in [3.05, 3.63) is 70.9 Å². The largest absolute Gasteiger partial charge is 0.494 e. The second-order valence-corrected chi connectivity index (χ2v) is 8.47. The van der Waals surface area contributed by atoms with E-state index in [-0.39, 0.29) is 0 Å². The predicted octanol–water partition coefficient (Wildman–Crippen LogP) is 6.40. The number of anilines is 1. The normalized spacial score (nSPS) is 11.1. The Morgan fingerprint density at radius 2 is 1.67 bits per heavy atom. The van der Waals surface area contributed by atoms with Gasteiger partial charge in [0.05, 0.1) is 12.0 Å². The number of hydrogen-bond donors (Lipinski definition) is 0. The third-order valence-electron chi connectivity index (χ3n) is 5.17. The van der Waals surface area contributed by atoms with E-state index < -0.39 is 0 Å². The van der Waals surface area contributed by atoms with Crippen LogP contribution < -0.4 is 9.64 Å². The molecule has 4 aromatic rings. The van der Waals surface area contributed by atoms with Crippen LogP contribution in [-0.4, -0.2) is 23.1 Å². The van der Waals surface area contributed by atoms with Gasteiger partial charge in [0.25, 0.3) is 0 Å². The zero-order valence-electron chi connectivity index (χ0n) is 18.0. The second kappa shape index (κ2) is 8.84. The highest BCUT2D eigenvalue weighted by atomic mass is 32.1. The van der Waals surface area contributed by atoms with Crippen molar-refractivity contribution >= 4 is 27.4 Å². The van der Waals surface area contributed by atoms with E-state index in [0.717, 1.165) is 40.7 Å². The van der Waals surface area contributed by atoms with Gasteiger partial charge in [0.2, 0.25) is 0 Å². The first-order chi connectivity index (χ1) is 14.6. The minimum Gasteiger partial charge on any atom is -0.494 e. The molecule has 2 aromatic carbocycles. The van der Waals surface area contributed by atoms with Crippen LogP contribution in [0.5, 0.6) is 5.75 Å². The highest BCUT2D eigenvalue weighted by molar-refractivity contribution is 7.19. The first-order valence-corrected chi connectivity index (χ1v) is 11.2. The Hall–Kier alpha value is -2.92. The summed E-state index contributed by atoms with van der Waals surface area (Å²) in [6, 6.07) is 18.9. The van der Waals surface area contributed by atoms with Crippen molar-refractivity contribution in [2.24, 2.45) is 0 Å². The number of rotatable bonds is 7. The molecule has 0 amide bonds. The van der Waals surface area contributed by atoms with Gasteiger partial charge in [0.1, 0.15) is 22.2 Å². The van der Waals surface area contributed by atoms with Gasteiger partial charge in [0, 0.05) is 23.5 Å². The zero-order valence-corrected chi connectivity index (χ0v) is 18.8. The number of fused-ring (bicyclic) bond motifs is 1. The van der Waals surface area contributed by atoms with Gasteiger partial charge in [-0.2, -0.15) is 0 Å². The van der Waals surface area contributed by atoms with E-state index in [0.29, 0.717) is 6.61 Å². The fourth-order valence-corrected chi connectivity index (χ4v) is 4.88. The smallest absolute Gasteiger partial charge is 0.142 e. The number of aromatic nitrogens is 2. The maximum absolute atomic E-state index is 5.63. The molecule has 5 heteroatoms. The molecule has 0 fully saturated rings. The van der Waals surface area contributed by atoms with E-state index in [1.165, 1.54) is 21.6 Å². The highest BCUT2D eigenvalue weighted by Gasteiger charge is 2.21. The molecule has 0 aliphatic rings. The molecule has 0 bridgehead atoms. The first-order valence-electron chi connectivity index (χ1n) is 10.4. The fraction of sp³-hybridized carbons (Fsp3) is 0.280. The lowest BCUT2D eigenvalue weighted by Gasteiger charge is -2.24. The average Bonchev–Trinajstić information content (AvgIpc) is 3.08. The van der Waals surface area contributed by atoms with Crippen LogP contribution in [0, 0.1) is 13.8 Å². The standard InChI is InChI=1S/C25H27N3OS/c1-5-28(16-19-10-8-7-9-11-19)24-23-22(17(3)30-25(23)27-18(4)26-24)20-12-14-21(15-13-20)29-6-2/h7-15H,5-6,16H2,1-4H3. The van der Waals surface area contributed by atoms with Gasteiger partial charge in [0.15, 0.2) is 0 Å². The lowest BCUT2D eigenvalue weighted by molar-refractivity contribution is 0.340. The van der Waals surface area contributed by atoms with Gasteiger partial charge in [-0.05, 0) is 51.0 Å². The van der Waals surface area contributed by atoms with Crippen LogP contribution in [0.15, 0.2) is 54.6 Å². The average molecular weight is 418 g/mol. The van der Waals surface area contributed by atoms with Crippen LogP contribution in [0.1, 0.15) is 30.1 Å². The maximum atomic E-state index is 5.63. The minimum absolute atomic E-state index is 0.669. The maximum Gasteiger partial charge on any atom is 0.142 e. The molecular formula is C25H27N3OS. The van der Waals surface area contributed by atoms with Gasteiger partial charge < -0.3 is 9.64 Å². The Bertz CT molecular complexity index is 1140. The monoisotopic (exact) mass is 417 g/mol. The summed E-state index contributed by atoms with van der Waals surface area (Å²) in [6.07, 6.45) is 0. The number of thiophene rings is 1. The Balaban J connectivity index is 1.85. The van der Waals surface area contributed by atoms with E-state index in [1.807, 2.05) is 26.0 Å². The third kappa shape index (κ3) is 4.03. The summed E-state index contributed by atoms with van der Waals surface area (Å²) in [5.41, 5.74) is 3.67. The molecule has 4 nitrogen and oxygen atoms in total. The topological polar surface area (TPSA) is 38.3 Å². The number of hydrogen-bond acceptors (Lipinski definition) is 5. The molecule has 0 saturated carbocycles. The SMILES string of the molecule is CCOc1ccc(-c2c(C)sc3nc(C)nc(N(CC)Cc4ccccc4)c23)cc1. The van der Waals surface area contributed by atoms with Crippen molar-refractivity contribution in [3.8, 4) is 16.9 Å². The van der Waals surface area contributed by atoms with Crippen LogP contribution in [0.25, 0.3) is 21.3 Å². The fourth-order valence-electron chi connectivity index (χ4n) is 3.80. The lowest BCUT2D eigenvalue weighted by atomic mass is 10.0. The Labute approximate surface area is 182 Å². The van der Waals surface area contributed by atoms with Crippen molar-refractivity contribution in [3.63, 3.8) is 0 Å². The number of nitrogens with zero attached hydrogens (tertiary/aromatic N) is 3. The Morgan fingerprint density at radius 3 is 2.33 bits per heavy atom. The van der Waals surface area contributed by atoms with E-state index in [4.69, 9.17) is 14.7 Å². The van der Waals surface area contributed by atoms with Gasteiger partial charge in [-0.3, -0.25) is 0 Å². The molecule has 0 unspecified atom stereocenters. The van der Waals surface area contributed by atoms with Crippen LogP contribution >= 0.6 is 11.3 Å². The van der Waals surface area contributed by atoms with E-state index in [2.05, 4.69) is 61.2 Å². The van der Waals surface area contributed by atoms with Crippen LogP contribution in [0.3, 0.4) is 0 Å². The van der Waals surface area contributed by atoms with Crippen molar-refractivity contribution < 1.29 is 4.74 Å². The van der Waals surface area contributed by atoms with E-state index in [1.54, 1.807) is 11.3 Å². The molecule has 4 rings (SSSR count). The first kappa shape index (κ1) is 20.4. The van der Waals surface area contributed by atoms with Crippen LogP contribution in [0.4, 0.5) is 5.82 Å². The van der Waals surface area contributed by atoms with Crippen molar-refractivity contribution in [1.82, 2.24) is 9.97 Å². The molecule has 0 radical (unpaired) electrons. The number of benzene rings is 2.